The molecule has 3 N–H and O–H groups in total. The first-order chi connectivity index (χ1) is 11.6. The van der Waals surface area contributed by atoms with Gasteiger partial charge in [0.05, 0.1) is 10.1 Å². The van der Waals surface area contributed by atoms with Crippen LogP contribution >= 0.6 is 0 Å². The number of rotatable bonds is 6. The standard InChI is InChI=1S/C15H24N4O4S2/c1-19(2)11-17-24(20,21)13-8-9-14(16)15(10-13)18-25(22,23)12-6-4-3-5-7-12/h3-7,11,13-15,18H,8-10,16H2,1-2H3/b17-11+. The van der Waals surface area contributed by atoms with Crippen LogP contribution in [0.4, 0.5) is 0 Å². The van der Waals surface area contributed by atoms with Crippen molar-refractivity contribution in [3.8, 4) is 0 Å². The van der Waals surface area contributed by atoms with E-state index < -0.39 is 37.4 Å². The van der Waals surface area contributed by atoms with Crippen molar-refractivity contribution in [1.82, 2.24) is 9.62 Å². The molecule has 0 saturated heterocycles. The maximum absolute atomic E-state index is 12.5. The van der Waals surface area contributed by atoms with Crippen molar-refractivity contribution in [3.63, 3.8) is 0 Å². The van der Waals surface area contributed by atoms with Crippen LogP contribution < -0.4 is 10.5 Å². The van der Waals surface area contributed by atoms with Crippen LogP contribution in [-0.4, -0.2) is 59.5 Å². The molecule has 1 saturated carbocycles. The monoisotopic (exact) mass is 388 g/mol. The first kappa shape index (κ1) is 19.8. The second-order valence-electron chi connectivity index (χ2n) is 6.34. The van der Waals surface area contributed by atoms with Gasteiger partial charge in [-0.15, -0.1) is 0 Å². The molecule has 1 fully saturated rings. The molecule has 10 heteroatoms. The van der Waals surface area contributed by atoms with Crippen LogP contribution in [0.1, 0.15) is 19.3 Å². The highest BCUT2D eigenvalue weighted by Gasteiger charge is 2.37. The molecule has 1 aliphatic rings. The second-order valence-corrected chi connectivity index (χ2v) is 9.96. The van der Waals surface area contributed by atoms with Crippen LogP contribution in [0.15, 0.2) is 39.6 Å². The fraction of sp³-hybridized carbons (Fsp3) is 0.533. The molecule has 0 amide bonds. The molecule has 2 rings (SSSR count). The van der Waals surface area contributed by atoms with E-state index in [1.807, 2.05) is 0 Å². The van der Waals surface area contributed by atoms with E-state index >= 15 is 0 Å². The lowest BCUT2D eigenvalue weighted by Crippen LogP contribution is -2.53. The molecule has 0 aliphatic heterocycles. The number of hydrogen-bond acceptors (Lipinski definition) is 5. The molecular weight excluding hydrogens is 364 g/mol. The summed E-state index contributed by atoms with van der Waals surface area (Å²) >= 11 is 0. The van der Waals surface area contributed by atoms with Gasteiger partial charge in [-0.2, -0.15) is 4.40 Å². The van der Waals surface area contributed by atoms with E-state index in [9.17, 15) is 16.8 Å². The van der Waals surface area contributed by atoms with Gasteiger partial charge in [0.15, 0.2) is 0 Å². The topological polar surface area (TPSA) is 122 Å². The molecule has 0 bridgehead atoms. The van der Waals surface area contributed by atoms with Crippen LogP contribution in [0.5, 0.6) is 0 Å². The highest BCUT2D eigenvalue weighted by molar-refractivity contribution is 7.91. The van der Waals surface area contributed by atoms with Gasteiger partial charge in [-0.05, 0) is 31.4 Å². The molecule has 1 aliphatic carbocycles. The third-order valence-corrected chi connectivity index (χ3v) is 7.23. The lowest BCUT2D eigenvalue weighted by Gasteiger charge is -2.33. The lowest BCUT2D eigenvalue weighted by molar-refractivity contribution is 0.359. The number of nitrogens with two attached hydrogens (primary N) is 1. The minimum absolute atomic E-state index is 0.0976. The minimum atomic E-state index is -3.76. The van der Waals surface area contributed by atoms with Crippen LogP contribution in [0.25, 0.3) is 0 Å². The summed E-state index contributed by atoms with van der Waals surface area (Å²) < 4.78 is 55.8. The van der Waals surface area contributed by atoms with Crippen molar-refractivity contribution in [2.45, 2.75) is 41.5 Å². The molecule has 0 aromatic heterocycles. The van der Waals surface area contributed by atoms with E-state index in [0.29, 0.717) is 12.8 Å². The maximum atomic E-state index is 12.5. The molecule has 140 valence electrons. The number of nitrogens with one attached hydrogen (secondary N) is 1. The first-order valence-electron chi connectivity index (χ1n) is 7.90. The molecule has 1 aromatic rings. The van der Waals surface area contributed by atoms with E-state index in [-0.39, 0.29) is 11.3 Å². The van der Waals surface area contributed by atoms with Gasteiger partial charge >= 0.3 is 0 Å². The van der Waals surface area contributed by atoms with Crippen LogP contribution in [0.3, 0.4) is 0 Å². The van der Waals surface area contributed by atoms with Crippen molar-refractivity contribution in [1.29, 1.82) is 0 Å². The number of benzene rings is 1. The Morgan fingerprint density at radius 1 is 1.16 bits per heavy atom. The molecule has 3 unspecified atom stereocenters. The third-order valence-electron chi connectivity index (χ3n) is 4.06. The smallest absolute Gasteiger partial charge is 0.257 e. The van der Waals surface area contributed by atoms with E-state index in [2.05, 4.69) is 9.12 Å². The van der Waals surface area contributed by atoms with Gasteiger partial charge in [0, 0.05) is 26.2 Å². The molecule has 3 atom stereocenters. The summed E-state index contributed by atoms with van der Waals surface area (Å²) in [6.07, 6.45) is 2.09. The van der Waals surface area contributed by atoms with Crippen molar-refractivity contribution in [3.05, 3.63) is 30.3 Å². The Balaban J connectivity index is 2.16. The fourth-order valence-electron chi connectivity index (χ4n) is 2.67. The summed E-state index contributed by atoms with van der Waals surface area (Å²) in [4.78, 5) is 1.65. The van der Waals surface area contributed by atoms with E-state index in [1.54, 1.807) is 32.3 Å². The zero-order valence-electron chi connectivity index (χ0n) is 14.2. The van der Waals surface area contributed by atoms with Gasteiger partial charge in [0.25, 0.3) is 10.0 Å². The number of sulfonamides is 2. The molecule has 8 nitrogen and oxygen atoms in total. The molecule has 0 heterocycles. The summed E-state index contributed by atoms with van der Waals surface area (Å²) in [5.74, 6) is 0. The van der Waals surface area contributed by atoms with Gasteiger partial charge in [0.1, 0.15) is 6.34 Å². The Morgan fingerprint density at radius 2 is 1.80 bits per heavy atom. The summed E-state index contributed by atoms with van der Waals surface area (Å²) in [5.41, 5.74) is 6.02. The van der Waals surface area contributed by atoms with Crippen molar-refractivity contribution in [2.75, 3.05) is 14.1 Å². The van der Waals surface area contributed by atoms with Crippen molar-refractivity contribution >= 4 is 26.4 Å². The molecule has 0 spiro atoms. The van der Waals surface area contributed by atoms with Gasteiger partial charge in [0.2, 0.25) is 10.0 Å². The normalized spacial score (nSPS) is 25.2. The number of hydrogen-bond donors (Lipinski definition) is 2. The van der Waals surface area contributed by atoms with Gasteiger partial charge in [-0.3, -0.25) is 0 Å². The van der Waals surface area contributed by atoms with Crippen LogP contribution in [0, 0.1) is 0 Å². The highest BCUT2D eigenvalue weighted by atomic mass is 32.2. The largest absolute Gasteiger partial charge is 0.368 e. The molecule has 1 aromatic carbocycles. The third kappa shape index (κ3) is 5.24. The summed E-state index contributed by atoms with van der Waals surface area (Å²) in [6, 6.07) is 6.82. The van der Waals surface area contributed by atoms with E-state index in [0.717, 1.165) is 0 Å². The van der Waals surface area contributed by atoms with Crippen LogP contribution in [0.2, 0.25) is 0 Å². The average molecular weight is 389 g/mol. The Morgan fingerprint density at radius 3 is 2.40 bits per heavy atom. The number of nitrogens with zero attached hydrogens (tertiary/aromatic N) is 2. The summed E-state index contributed by atoms with van der Waals surface area (Å²) in [6.45, 7) is 0. The lowest BCUT2D eigenvalue weighted by atomic mass is 9.91. The highest BCUT2D eigenvalue weighted by Crippen LogP contribution is 2.26. The summed E-state index contributed by atoms with van der Waals surface area (Å²) in [5, 5.41) is -0.757. The maximum Gasteiger partial charge on any atom is 0.257 e. The Bertz CT molecular complexity index is 807. The first-order valence-corrected chi connectivity index (χ1v) is 10.9. The quantitative estimate of drug-likeness (QED) is 0.528. The fourth-order valence-corrected chi connectivity index (χ4v) is 5.37. The Hall–Kier alpha value is -1.49. The van der Waals surface area contributed by atoms with Crippen molar-refractivity contribution < 1.29 is 16.8 Å². The van der Waals surface area contributed by atoms with E-state index in [4.69, 9.17) is 5.73 Å². The van der Waals surface area contributed by atoms with Crippen molar-refractivity contribution in [2.24, 2.45) is 10.1 Å². The molecule has 25 heavy (non-hydrogen) atoms. The molecular formula is C15H24N4O4S2. The van der Waals surface area contributed by atoms with Gasteiger partial charge in [-0.1, -0.05) is 18.2 Å². The zero-order valence-corrected chi connectivity index (χ0v) is 15.9. The summed E-state index contributed by atoms with van der Waals surface area (Å²) in [7, 11) is -4.13. The molecule has 0 radical (unpaired) electrons. The van der Waals surface area contributed by atoms with Crippen LogP contribution in [-0.2, 0) is 20.0 Å². The minimum Gasteiger partial charge on any atom is -0.368 e. The predicted octanol–water partition coefficient (Wildman–Crippen LogP) is 0.133. The van der Waals surface area contributed by atoms with Gasteiger partial charge in [-0.25, -0.2) is 21.6 Å². The average Bonchev–Trinajstić information content (AvgIpc) is 2.55. The van der Waals surface area contributed by atoms with E-state index in [1.165, 1.54) is 23.4 Å². The second kappa shape index (κ2) is 7.81. The predicted molar refractivity (Wildman–Crippen MR) is 97.3 cm³/mol. The Kier molecular flexibility index (Phi) is 6.20. The van der Waals surface area contributed by atoms with Gasteiger partial charge < -0.3 is 10.6 Å². The Labute approximate surface area is 149 Å². The SMILES string of the molecule is CN(C)/C=N/S(=O)(=O)C1CCC(N)C(NS(=O)(=O)c2ccccc2)C1. The zero-order chi connectivity index (χ0) is 18.7.